The molecule has 0 amide bonds. The molecule has 1 fully saturated rings. The molecule has 1 saturated heterocycles. The molecule has 3 aromatic carbocycles. The third-order valence-corrected chi connectivity index (χ3v) is 6.98. The van der Waals surface area contributed by atoms with E-state index in [4.69, 9.17) is 0 Å². The Balaban J connectivity index is 1.29. The molecule has 0 N–H and O–H groups in total. The number of hydrogen-bond acceptors (Lipinski definition) is 4. The number of Topliss-reactive ketones (excluding diaryl/α,β-unsaturated/α-hetero) is 2. The molecule has 0 saturated carbocycles. The zero-order valence-electron chi connectivity index (χ0n) is 18.2. The second-order valence-electron chi connectivity index (χ2n) is 8.74. The lowest BCUT2D eigenvalue weighted by atomic mass is 9.72. The van der Waals surface area contributed by atoms with E-state index in [1.807, 2.05) is 48.5 Å². The lowest BCUT2D eigenvalue weighted by molar-refractivity contribution is 0.0777. The van der Waals surface area contributed by atoms with E-state index in [0.717, 1.165) is 44.7 Å². The summed E-state index contributed by atoms with van der Waals surface area (Å²) >= 11 is 0. The number of ketones is 2. The van der Waals surface area contributed by atoms with E-state index in [1.54, 1.807) is 12.1 Å². The molecule has 0 spiro atoms. The van der Waals surface area contributed by atoms with Crippen LogP contribution in [0.5, 0.6) is 0 Å². The van der Waals surface area contributed by atoms with Crippen molar-refractivity contribution < 1.29 is 9.59 Å². The Morgan fingerprint density at radius 3 is 1.78 bits per heavy atom. The number of anilines is 1. The van der Waals surface area contributed by atoms with Gasteiger partial charge in [0, 0.05) is 43.0 Å². The summed E-state index contributed by atoms with van der Waals surface area (Å²) in [6.07, 6.45) is 1.36. The molecule has 162 valence electrons. The van der Waals surface area contributed by atoms with Crippen molar-refractivity contribution >= 4 is 17.3 Å². The van der Waals surface area contributed by atoms with Crippen molar-refractivity contribution in [3.63, 3.8) is 0 Å². The Labute approximate surface area is 189 Å². The third-order valence-electron chi connectivity index (χ3n) is 6.98. The van der Waals surface area contributed by atoms with Crippen molar-refractivity contribution in [2.24, 2.45) is 0 Å². The molecular formula is C28H28N2O2. The summed E-state index contributed by atoms with van der Waals surface area (Å²) in [5.41, 5.74) is 2.14. The van der Waals surface area contributed by atoms with Crippen LogP contribution >= 0.6 is 0 Å². The number of carbonyl (C=O) groups is 2. The van der Waals surface area contributed by atoms with Gasteiger partial charge in [0.05, 0.1) is 0 Å². The third kappa shape index (κ3) is 3.55. The standard InChI is InChI=1S/C28H28N2O2/c31-26-24-14-7-8-15-25(24)27(32)28(26,22-10-3-1-4-11-22)16-9-17-29-18-20-30(21-19-29)23-12-5-2-6-13-23/h1-8,10-15H,9,16-21H2. The minimum atomic E-state index is -1.09. The van der Waals surface area contributed by atoms with Crippen molar-refractivity contribution in [3.8, 4) is 0 Å². The van der Waals surface area contributed by atoms with Gasteiger partial charge in [-0.15, -0.1) is 0 Å². The molecule has 32 heavy (non-hydrogen) atoms. The van der Waals surface area contributed by atoms with E-state index in [0.29, 0.717) is 17.5 Å². The lowest BCUT2D eigenvalue weighted by Crippen LogP contribution is -2.47. The molecular weight excluding hydrogens is 396 g/mol. The maximum atomic E-state index is 13.6. The summed E-state index contributed by atoms with van der Waals surface area (Å²) in [6.45, 7) is 4.88. The number of para-hydroxylation sites is 1. The van der Waals surface area contributed by atoms with Gasteiger partial charge in [0.2, 0.25) is 0 Å². The molecule has 0 aromatic heterocycles. The predicted molar refractivity (Wildman–Crippen MR) is 128 cm³/mol. The number of nitrogens with zero attached hydrogens (tertiary/aromatic N) is 2. The van der Waals surface area contributed by atoms with Gasteiger partial charge >= 0.3 is 0 Å². The second kappa shape index (κ2) is 8.71. The minimum absolute atomic E-state index is 0.0433. The van der Waals surface area contributed by atoms with Crippen molar-refractivity contribution in [1.82, 2.24) is 4.90 Å². The number of benzene rings is 3. The van der Waals surface area contributed by atoms with E-state index in [2.05, 4.69) is 34.1 Å². The van der Waals surface area contributed by atoms with Gasteiger partial charge in [0.25, 0.3) is 0 Å². The minimum Gasteiger partial charge on any atom is -0.369 e. The zero-order valence-corrected chi connectivity index (χ0v) is 18.2. The normalized spacial score (nSPS) is 18.1. The predicted octanol–water partition coefficient (Wildman–Crippen LogP) is 4.61. The average Bonchev–Trinajstić information content (AvgIpc) is 3.08. The monoisotopic (exact) mass is 424 g/mol. The fourth-order valence-electron chi connectivity index (χ4n) is 5.23. The SMILES string of the molecule is O=C1c2ccccc2C(=O)C1(CCCN1CCN(c2ccccc2)CC1)c1ccccc1. The van der Waals surface area contributed by atoms with Crippen LogP contribution < -0.4 is 4.90 Å². The maximum Gasteiger partial charge on any atom is 0.181 e. The Bertz CT molecular complexity index is 1070. The highest BCUT2D eigenvalue weighted by Crippen LogP contribution is 2.43. The van der Waals surface area contributed by atoms with Crippen molar-refractivity contribution in [2.45, 2.75) is 18.3 Å². The van der Waals surface area contributed by atoms with Gasteiger partial charge in [0.1, 0.15) is 5.41 Å². The van der Waals surface area contributed by atoms with E-state index < -0.39 is 5.41 Å². The number of rotatable bonds is 6. The average molecular weight is 425 g/mol. The van der Waals surface area contributed by atoms with Crippen LogP contribution in [0.25, 0.3) is 0 Å². The Hall–Kier alpha value is -3.24. The summed E-state index contributed by atoms with van der Waals surface area (Å²) in [5, 5.41) is 0. The van der Waals surface area contributed by atoms with Crippen molar-refractivity contribution in [3.05, 3.63) is 102 Å². The number of hydrogen-bond donors (Lipinski definition) is 0. The lowest BCUT2D eigenvalue weighted by Gasteiger charge is -2.36. The maximum absolute atomic E-state index is 13.6. The van der Waals surface area contributed by atoms with Crippen LogP contribution in [-0.4, -0.2) is 49.2 Å². The van der Waals surface area contributed by atoms with E-state index >= 15 is 0 Å². The second-order valence-corrected chi connectivity index (χ2v) is 8.74. The molecule has 2 aliphatic rings. The fraction of sp³-hybridized carbons (Fsp3) is 0.286. The first kappa shape index (κ1) is 20.7. The molecule has 5 rings (SSSR count). The summed E-state index contributed by atoms with van der Waals surface area (Å²) in [5.74, 6) is -0.0867. The van der Waals surface area contributed by atoms with Crippen LogP contribution in [-0.2, 0) is 5.41 Å². The van der Waals surface area contributed by atoms with E-state index in [1.165, 1.54) is 5.69 Å². The van der Waals surface area contributed by atoms with Crippen LogP contribution in [0.15, 0.2) is 84.9 Å². The molecule has 0 atom stereocenters. The van der Waals surface area contributed by atoms with Crippen LogP contribution in [0.2, 0.25) is 0 Å². The molecule has 4 nitrogen and oxygen atoms in total. The Morgan fingerprint density at radius 2 is 1.19 bits per heavy atom. The summed E-state index contributed by atoms with van der Waals surface area (Å²) in [7, 11) is 0. The van der Waals surface area contributed by atoms with Crippen LogP contribution in [0.4, 0.5) is 5.69 Å². The first-order chi connectivity index (χ1) is 15.7. The molecule has 1 aliphatic heterocycles. The van der Waals surface area contributed by atoms with E-state index in [-0.39, 0.29) is 11.6 Å². The summed E-state index contributed by atoms with van der Waals surface area (Å²) in [4.78, 5) is 32.0. The highest BCUT2D eigenvalue weighted by atomic mass is 16.2. The topological polar surface area (TPSA) is 40.6 Å². The summed E-state index contributed by atoms with van der Waals surface area (Å²) in [6, 6.07) is 27.4. The smallest absolute Gasteiger partial charge is 0.181 e. The van der Waals surface area contributed by atoms with Crippen LogP contribution in [0.1, 0.15) is 39.1 Å². The quantitative estimate of drug-likeness (QED) is 0.542. The summed E-state index contributed by atoms with van der Waals surface area (Å²) < 4.78 is 0. The molecule has 0 unspecified atom stereocenters. The Morgan fingerprint density at radius 1 is 0.656 bits per heavy atom. The van der Waals surface area contributed by atoms with Crippen LogP contribution in [0, 0.1) is 0 Å². The number of piperazine rings is 1. The molecule has 0 radical (unpaired) electrons. The van der Waals surface area contributed by atoms with Crippen molar-refractivity contribution in [1.29, 1.82) is 0 Å². The highest BCUT2D eigenvalue weighted by molar-refractivity contribution is 6.33. The molecule has 0 bridgehead atoms. The van der Waals surface area contributed by atoms with Gasteiger partial charge in [-0.25, -0.2) is 0 Å². The highest BCUT2D eigenvalue weighted by Gasteiger charge is 2.53. The Kier molecular flexibility index (Phi) is 5.62. The van der Waals surface area contributed by atoms with Crippen molar-refractivity contribution in [2.75, 3.05) is 37.6 Å². The molecule has 1 heterocycles. The zero-order chi connectivity index (χ0) is 22.0. The van der Waals surface area contributed by atoms with Gasteiger partial charge in [-0.2, -0.15) is 0 Å². The first-order valence-corrected chi connectivity index (χ1v) is 11.5. The van der Waals surface area contributed by atoms with Gasteiger partial charge in [-0.3, -0.25) is 14.5 Å². The van der Waals surface area contributed by atoms with Gasteiger partial charge < -0.3 is 4.90 Å². The fourth-order valence-corrected chi connectivity index (χ4v) is 5.23. The largest absolute Gasteiger partial charge is 0.369 e. The number of fused-ring (bicyclic) bond motifs is 1. The van der Waals surface area contributed by atoms with Gasteiger partial charge in [-0.05, 0) is 37.1 Å². The molecule has 1 aliphatic carbocycles. The number of carbonyl (C=O) groups excluding carboxylic acids is 2. The van der Waals surface area contributed by atoms with Gasteiger partial charge in [-0.1, -0.05) is 72.8 Å². The molecule has 3 aromatic rings. The molecule has 4 heteroatoms. The van der Waals surface area contributed by atoms with E-state index in [9.17, 15) is 9.59 Å². The van der Waals surface area contributed by atoms with Crippen LogP contribution in [0.3, 0.4) is 0 Å². The van der Waals surface area contributed by atoms with Gasteiger partial charge in [0.15, 0.2) is 11.6 Å². The first-order valence-electron chi connectivity index (χ1n) is 11.5.